The maximum Gasteiger partial charge on any atom is 0.245 e. The fourth-order valence-electron chi connectivity index (χ4n) is 3.96. The van der Waals surface area contributed by atoms with Crippen LogP contribution in [0.3, 0.4) is 0 Å². The summed E-state index contributed by atoms with van der Waals surface area (Å²) < 4.78 is 0. The Morgan fingerprint density at radius 3 is 2.87 bits per heavy atom. The van der Waals surface area contributed by atoms with Crippen LogP contribution in [0, 0.1) is 5.92 Å². The molecule has 2 aliphatic rings. The number of rotatable bonds is 2. The lowest BCUT2D eigenvalue weighted by atomic mass is 9.93. The van der Waals surface area contributed by atoms with Gasteiger partial charge < -0.3 is 14.8 Å². The van der Waals surface area contributed by atoms with Crippen LogP contribution in [0.1, 0.15) is 25.1 Å². The van der Waals surface area contributed by atoms with Crippen molar-refractivity contribution in [2.24, 2.45) is 5.92 Å². The van der Waals surface area contributed by atoms with Gasteiger partial charge in [-0.15, -0.1) is 0 Å². The maximum atomic E-state index is 12.9. The standard InChI is InChI=1S/C19H23N3O/c1-12(2)9-21-10-13(3)22-11-17-15(8-18(22)19(21)23)14-6-4-5-7-16(14)20-17/h4-7,12,18,20H,3,8-11H2,1-2H3. The van der Waals surface area contributed by atoms with Crippen LogP contribution in [0.15, 0.2) is 36.5 Å². The lowest BCUT2D eigenvalue weighted by Gasteiger charge is -2.45. The van der Waals surface area contributed by atoms with Gasteiger partial charge >= 0.3 is 0 Å². The maximum absolute atomic E-state index is 12.9. The molecule has 4 rings (SSSR count). The van der Waals surface area contributed by atoms with Gasteiger partial charge in [0.2, 0.25) is 5.91 Å². The molecule has 23 heavy (non-hydrogen) atoms. The van der Waals surface area contributed by atoms with Gasteiger partial charge in [-0.1, -0.05) is 38.6 Å². The van der Waals surface area contributed by atoms with E-state index >= 15 is 0 Å². The second kappa shape index (κ2) is 5.15. The summed E-state index contributed by atoms with van der Waals surface area (Å²) in [6, 6.07) is 8.27. The van der Waals surface area contributed by atoms with Crippen LogP contribution in [0.2, 0.25) is 0 Å². The number of carbonyl (C=O) groups excluding carboxylic acids is 1. The summed E-state index contributed by atoms with van der Waals surface area (Å²) in [6.07, 6.45) is 0.770. The number of benzene rings is 1. The third-order valence-corrected chi connectivity index (χ3v) is 4.97. The van der Waals surface area contributed by atoms with E-state index in [0.29, 0.717) is 12.5 Å². The molecule has 2 aliphatic heterocycles. The fraction of sp³-hybridized carbons (Fsp3) is 0.421. The van der Waals surface area contributed by atoms with Gasteiger partial charge in [-0.3, -0.25) is 4.79 Å². The van der Waals surface area contributed by atoms with Crippen LogP contribution in [-0.2, 0) is 17.8 Å². The van der Waals surface area contributed by atoms with Gasteiger partial charge in [0.25, 0.3) is 0 Å². The number of nitrogens with one attached hydrogen (secondary N) is 1. The summed E-state index contributed by atoms with van der Waals surface area (Å²) in [4.78, 5) is 20.6. The summed E-state index contributed by atoms with van der Waals surface area (Å²) in [5.74, 6) is 0.729. The van der Waals surface area contributed by atoms with Gasteiger partial charge in [-0.05, 0) is 17.5 Å². The second-order valence-corrected chi connectivity index (χ2v) is 7.15. The van der Waals surface area contributed by atoms with Crippen LogP contribution in [0.25, 0.3) is 10.9 Å². The number of piperazine rings is 1. The quantitative estimate of drug-likeness (QED) is 0.926. The molecule has 120 valence electrons. The zero-order valence-electron chi connectivity index (χ0n) is 13.8. The van der Waals surface area contributed by atoms with E-state index in [9.17, 15) is 4.79 Å². The largest absolute Gasteiger partial charge is 0.357 e. The Bertz CT molecular complexity index is 789. The highest BCUT2D eigenvalue weighted by atomic mass is 16.2. The third kappa shape index (κ3) is 2.24. The molecule has 1 aromatic carbocycles. The van der Waals surface area contributed by atoms with E-state index in [4.69, 9.17) is 0 Å². The van der Waals surface area contributed by atoms with Gasteiger partial charge in [0, 0.05) is 35.3 Å². The highest BCUT2D eigenvalue weighted by Gasteiger charge is 2.40. The van der Waals surface area contributed by atoms with Crippen LogP contribution in [-0.4, -0.2) is 39.8 Å². The van der Waals surface area contributed by atoms with Crippen molar-refractivity contribution < 1.29 is 4.79 Å². The summed E-state index contributed by atoms with van der Waals surface area (Å²) in [6.45, 7) is 10.8. The minimum Gasteiger partial charge on any atom is -0.357 e. The zero-order chi connectivity index (χ0) is 16.1. The first kappa shape index (κ1) is 14.4. The Balaban J connectivity index is 1.71. The summed E-state index contributed by atoms with van der Waals surface area (Å²) in [5.41, 5.74) is 4.75. The van der Waals surface area contributed by atoms with Crippen molar-refractivity contribution in [2.45, 2.75) is 32.9 Å². The number of aromatic nitrogens is 1. The number of amides is 1. The van der Waals surface area contributed by atoms with E-state index in [2.05, 4.69) is 48.5 Å². The molecule has 0 saturated carbocycles. The summed E-state index contributed by atoms with van der Waals surface area (Å²) in [5, 5.41) is 1.25. The van der Waals surface area contributed by atoms with Crippen LogP contribution in [0.4, 0.5) is 0 Å². The molecule has 3 heterocycles. The lowest BCUT2D eigenvalue weighted by molar-refractivity contribution is -0.140. The lowest BCUT2D eigenvalue weighted by Crippen LogP contribution is -2.58. The molecule has 1 saturated heterocycles. The molecule has 1 amide bonds. The Labute approximate surface area is 136 Å². The molecule has 0 aliphatic carbocycles. The normalized spacial score (nSPS) is 21.1. The smallest absolute Gasteiger partial charge is 0.245 e. The molecule has 1 unspecified atom stereocenters. The minimum absolute atomic E-state index is 0.0956. The summed E-state index contributed by atoms with van der Waals surface area (Å²) in [7, 11) is 0. The van der Waals surface area contributed by atoms with Crippen LogP contribution in [0.5, 0.6) is 0 Å². The Kier molecular flexibility index (Phi) is 3.22. The molecule has 1 N–H and O–H groups in total. The number of para-hydroxylation sites is 1. The van der Waals surface area contributed by atoms with E-state index in [1.165, 1.54) is 16.6 Å². The highest BCUT2D eigenvalue weighted by molar-refractivity contribution is 5.89. The molecule has 4 nitrogen and oxygen atoms in total. The third-order valence-electron chi connectivity index (χ3n) is 4.97. The molecule has 0 spiro atoms. The average molecular weight is 309 g/mol. The van der Waals surface area contributed by atoms with E-state index < -0.39 is 0 Å². The number of carbonyl (C=O) groups is 1. The van der Waals surface area contributed by atoms with E-state index in [1.54, 1.807) is 0 Å². The summed E-state index contributed by atoms with van der Waals surface area (Å²) >= 11 is 0. The highest BCUT2D eigenvalue weighted by Crippen LogP contribution is 2.34. The van der Waals surface area contributed by atoms with Crippen molar-refractivity contribution in [3.8, 4) is 0 Å². The van der Waals surface area contributed by atoms with Gasteiger partial charge in [0.1, 0.15) is 6.04 Å². The molecule has 0 bridgehead atoms. The van der Waals surface area contributed by atoms with Crippen molar-refractivity contribution in [1.82, 2.24) is 14.8 Å². The molecule has 2 aromatic rings. The monoisotopic (exact) mass is 309 g/mol. The topological polar surface area (TPSA) is 39.3 Å². The van der Waals surface area contributed by atoms with Gasteiger partial charge in [-0.25, -0.2) is 0 Å². The van der Waals surface area contributed by atoms with Crippen molar-refractivity contribution in [3.05, 3.63) is 47.8 Å². The second-order valence-electron chi connectivity index (χ2n) is 7.15. The Morgan fingerprint density at radius 1 is 1.30 bits per heavy atom. The minimum atomic E-state index is -0.0956. The molecular weight excluding hydrogens is 286 g/mol. The Morgan fingerprint density at radius 2 is 2.09 bits per heavy atom. The van der Waals surface area contributed by atoms with E-state index in [-0.39, 0.29) is 11.9 Å². The zero-order valence-corrected chi connectivity index (χ0v) is 13.8. The first-order chi connectivity index (χ1) is 11.0. The average Bonchev–Trinajstić information content (AvgIpc) is 2.88. The van der Waals surface area contributed by atoms with Gasteiger partial charge in [-0.2, -0.15) is 0 Å². The van der Waals surface area contributed by atoms with Gasteiger partial charge in [0.05, 0.1) is 13.1 Å². The molecule has 1 aromatic heterocycles. The van der Waals surface area contributed by atoms with Crippen molar-refractivity contribution in [2.75, 3.05) is 13.1 Å². The molecule has 1 fully saturated rings. The number of hydrogen-bond donors (Lipinski definition) is 1. The van der Waals surface area contributed by atoms with Crippen molar-refractivity contribution in [1.29, 1.82) is 0 Å². The number of nitrogens with zero attached hydrogens (tertiary/aromatic N) is 2. The SMILES string of the molecule is C=C1CN(CC(C)C)C(=O)C2Cc3c([nH]c4ccccc34)CN12. The van der Waals surface area contributed by atoms with E-state index in [0.717, 1.165) is 30.7 Å². The number of aromatic amines is 1. The predicted octanol–water partition coefficient (Wildman–Crippen LogP) is 2.91. The number of H-pyrrole nitrogens is 1. The fourth-order valence-corrected chi connectivity index (χ4v) is 3.96. The van der Waals surface area contributed by atoms with Crippen LogP contribution < -0.4 is 0 Å². The Hall–Kier alpha value is -2.23. The molecule has 4 heteroatoms. The van der Waals surface area contributed by atoms with E-state index in [1.807, 2.05) is 11.0 Å². The molecule has 1 atom stereocenters. The molecular formula is C19H23N3O. The number of hydrogen-bond acceptors (Lipinski definition) is 2. The van der Waals surface area contributed by atoms with Crippen LogP contribution >= 0.6 is 0 Å². The van der Waals surface area contributed by atoms with Crippen molar-refractivity contribution in [3.63, 3.8) is 0 Å². The van der Waals surface area contributed by atoms with Gasteiger partial charge in [0.15, 0.2) is 0 Å². The molecule has 0 radical (unpaired) electrons. The number of fused-ring (bicyclic) bond motifs is 4. The van der Waals surface area contributed by atoms with Crippen molar-refractivity contribution >= 4 is 16.8 Å². The first-order valence-corrected chi connectivity index (χ1v) is 8.36. The first-order valence-electron chi connectivity index (χ1n) is 8.36. The predicted molar refractivity (Wildman–Crippen MR) is 91.9 cm³/mol.